The van der Waals surface area contributed by atoms with Gasteiger partial charge in [-0.15, -0.1) is 23.2 Å². The number of ketones is 1. The lowest BCUT2D eigenvalue weighted by Crippen LogP contribution is -2.27. The van der Waals surface area contributed by atoms with E-state index in [4.69, 9.17) is 23.2 Å². The van der Waals surface area contributed by atoms with Crippen molar-refractivity contribution in [3.05, 3.63) is 59.7 Å². The molecular weight excluding hydrogens is 433 g/mol. The number of anilines is 2. The van der Waals surface area contributed by atoms with Crippen LogP contribution in [0.2, 0.25) is 0 Å². The van der Waals surface area contributed by atoms with Crippen molar-refractivity contribution in [3.8, 4) is 0 Å². The highest BCUT2D eigenvalue weighted by molar-refractivity contribution is 6.18. The SMILES string of the molecule is CN(C)CCC(=O)Cc1cccc(NC(=O)Cc2ccc(N(CCCl)CCCl)cc2)c1. The van der Waals surface area contributed by atoms with Crippen LogP contribution < -0.4 is 10.2 Å². The second kappa shape index (κ2) is 13.4. The number of alkyl halides is 2. The summed E-state index contributed by atoms with van der Waals surface area (Å²) >= 11 is 11.7. The predicted octanol–water partition coefficient (Wildman–Crippen LogP) is 4.22. The Morgan fingerprint density at radius 3 is 2.16 bits per heavy atom. The number of carbonyl (C=O) groups excluding carboxylic acids is 2. The van der Waals surface area contributed by atoms with E-state index in [2.05, 4.69) is 10.2 Å². The van der Waals surface area contributed by atoms with Crippen molar-refractivity contribution in [3.63, 3.8) is 0 Å². The van der Waals surface area contributed by atoms with Gasteiger partial charge in [-0.25, -0.2) is 0 Å². The van der Waals surface area contributed by atoms with Crippen molar-refractivity contribution in [1.29, 1.82) is 0 Å². The molecule has 0 radical (unpaired) electrons. The molecule has 0 aliphatic rings. The van der Waals surface area contributed by atoms with Gasteiger partial charge in [0.15, 0.2) is 0 Å². The third-order valence-electron chi connectivity index (χ3n) is 4.82. The maximum atomic E-state index is 12.5. The summed E-state index contributed by atoms with van der Waals surface area (Å²) in [5, 5.41) is 2.93. The van der Waals surface area contributed by atoms with Crippen LogP contribution in [0.4, 0.5) is 11.4 Å². The first kappa shape index (κ1) is 25.2. The highest BCUT2D eigenvalue weighted by Gasteiger charge is 2.09. The minimum atomic E-state index is -0.0952. The summed E-state index contributed by atoms with van der Waals surface area (Å²) in [5.41, 5.74) is 3.57. The minimum Gasteiger partial charge on any atom is -0.369 e. The van der Waals surface area contributed by atoms with Crippen molar-refractivity contribution in [2.24, 2.45) is 0 Å². The van der Waals surface area contributed by atoms with E-state index in [1.54, 1.807) is 0 Å². The molecule has 0 fully saturated rings. The van der Waals surface area contributed by atoms with Crippen LogP contribution in [0.5, 0.6) is 0 Å². The third-order valence-corrected chi connectivity index (χ3v) is 5.16. The van der Waals surface area contributed by atoms with Gasteiger partial charge >= 0.3 is 0 Å². The second-order valence-electron chi connectivity index (χ2n) is 7.73. The number of halogens is 2. The number of hydrogen-bond donors (Lipinski definition) is 1. The quantitative estimate of drug-likeness (QED) is 0.451. The molecule has 0 spiro atoms. The first-order chi connectivity index (χ1) is 14.9. The summed E-state index contributed by atoms with van der Waals surface area (Å²) in [6.45, 7) is 2.19. The van der Waals surface area contributed by atoms with Gasteiger partial charge in [0, 0.05) is 55.6 Å². The molecule has 0 heterocycles. The van der Waals surface area contributed by atoms with Gasteiger partial charge in [-0.2, -0.15) is 0 Å². The Morgan fingerprint density at radius 2 is 1.55 bits per heavy atom. The topological polar surface area (TPSA) is 52.7 Å². The van der Waals surface area contributed by atoms with Crippen LogP contribution >= 0.6 is 23.2 Å². The monoisotopic (exact) mass is 463 g/mol. The molecule has 0 aliphatic heterocycles. The first-order valence-electron chi connectivity index (χ1n) is 10.4. The number of nitrogens with zero attached hydrogens (tertiary/aromatic N) is 2. The van der Waals surface area contributed by atoms with Crippen molar-refractivity contribution in [2.45, 2.75) is 19.3 Å². The van der Waals surface area contributed by atoms with E-state index in [1.165, 1.54) is 0 Å². The molecule has 0 unspecified atom stereocenters. The standard InChI is InChI=1S/C24H31Cl2N3O2/c1-28(2)13-10-23(30)17-20-4-3-5-21(16-20)27-24(31)18-19-6-8-22(9-7-19)29(14-11-25)15-12-26/h3-9,16H,10-15,17-18H2,1-2H3,(H,27,31). The van der Waals surface area contributed by atoms with Crippen LogP contribution in [0.3, 0.4) is 0 Å². The molecular formula is C24H31Cl2N3O2. The highest BCUT2D eigenvalue weighted by Crippen LogP contribution is 2.17. The molecule has 2 aromatic carbocycles. The summed E-state index contributed by atoms with van der Waals surface area (Å²) in [4.78, 5) is 28.7. The number of amides is 1. The van der Waals surface area contributed by atoms with Gasteiger partial charge in [-0.1, -0.05) is 24.3 Å². The van der Waals surface area contributed by atoms with Crippen molar-refractivity contribution >= 4 is 46.3 Å². The first-order valence-corrected chi connectivity index (χ1v) is 11.5. The van der Waals surface area contributed by atoms with Gasteiger partial charge in [0.2, 0.25) is 5.91 Å². The lowest BCUT2D eigenvalue weighted by Gasteiger charge is -2.23. The Hall–Kier alpha value is -2.08. The largest absolute Gasteiger partial charge is 0.369 e. The van der Waals surface area contributed by atoms with Crippen LogP contribution in [-0.4, -0.2) is 62.1 Å². The zero-order valence-corrected chi connectivity index (χ0v) is 19.8. The Kier molecular flexibility index (Phi) is 10.9. The number of Topliss-reactive ketones (excluding diaryl/α,β-unsaturated/α-hetero) is 1. The fourth-order valence-corrected chi connectivity index (χ4v) is 3.62. The minimum absolute atomic E-state index is 0.0952. The summed E-state index contributed by atoms with van der Waals surface area (Å²) in [6.07, 6.45) is 1.17. The lowest BCUT2D eigenvalue weighted by atomic mass is 10.1. The Balaban J connectivity index is 1.91. The van der Waals surface area contributed by atoms with Crippen LogP contribution in [0, 0.1) is 0 Å². The molecule has 0 atom stereocenters. The van der Waals surface area contributed by atoms with Gasteiger partial charge in [0.1, 0.15) is 5.78 Å². The van der Waals surface area contributed by atoms with E-state index in [0.717, 1.165) is 36.4 Å². The smallest absolute Gasteiger partial charge is 0.228 e. The van der Waals surface area contributed by atoms with E-state index in [9.17, 15) is 9.59 Å². The number of hydrogen-bond acceptors (Lipinski definition) is 4. The van der Waals surface area contributed by atoms with E-state index in [1.807, 2.05) is 67.5 Å². The summed E-state index contributed by atoms with van der Waals surface area (Å²) in [5.74, 6) is 1.15. The molecule has 0 saturated carbocycles. The molecule has 0 aliphatic carbocycles. The fraction of sp³-hybridized carbons (Fsp3) is 0.417. The molecule has 168 valence electrons. The van der Waals surface area contributed by atoms with E-state index in [0.29, 0.717) is 30.3 Å². The molecule has 0 aromatic heterocycles. The fourth-order valence-electron chi connectivity index (χ4n) is 3.21. The van der Waals surface area contributed by atoms with Crippen LogP contribution in [0.25, 0.3) is 0 Å². The second-order valence-corrected chi connectivity index (χ2v) is 8.48. The maximum absolute atomic E-state index is 12.5. The molecule has 0 saturated heterocycles. The zero-order chi connectivity index (χ0) is 22.6. The van der Waals surface area contributed by atoms with Gasteiger partial charge in [-0.05, 0) is 49.5 Å². The molecule has 2 aromatic rings. The Bertz CT molecular complexity index is 835. The maximum Gasteiger partial charge on any atom is 0.228 e. The summed E-state index contributed by atoms with van der Waals surface area (Å²) in [6, 6.07) is 15.4. The van der Waals surface area contributed by atoms with E-state index in [-0.39, 0.29) is 18.1 Å². The molecule has 1 N–H and O–H groups in total. The van der Waals surface area contributed by atoms with Crippen molar-refractivity contribution in [2.75, 3.05) is 55.7 Å². The van der Waals surface area contributed by atoms with Gasteiger partial charge < -0.3 is 15.1 Å². The molecule has 5 nitrogen and oxygen atoms in total. The molecule has 2 rings (SSSR count). The molecule has 31 heavy (non-hydrogen) atoms. The molecule has 1 amide bonds. The van der Waals surface area contributed by atoms with Gasteiger partial charge in [0.05, 0.1) is 6.42 Å². The number of benzene rings is 2. The normalized spacial score (nSPS) is 10.9. The average Bonchev–Trinajstić information content (AvgIpc) is 2.73. The average molecular weight is 464 g/mol. The highest BCUT2D eigenvalue weighted by atomic mass is 35.5. The van der Waals surface area contributed by atoms with Crippen LogP contribution in [-0.2, 0) is 22.4 Å². The third kappa shape index (κ3) is 9.30. The predicted molar refractivity (Wildman–Crippen MR) is 131 cm³/mol. The van der Waals surface area contributed by atoms with Crippen molar-refractivity contribution in [1.82, 2.24) is 4.90 Å². The summed E-state index contributed by atoms with van der Waals surface area (Å²) < 4.78 is 0. The van der Waals surface area contributed by atoms with E-state index >= 15 is 0 Å². The molecule has 7 heteroatoms. The van der Waals surface area contributed by atoms with Crippen LogP contribution in [0.15, 0.2) is 48.5 Å². The van der Waals surface area contributed by atoms with Crippen molar-refractivity contribution < 1.29 is 9.59 Å². The summed E-state index contributed by atoms with van der Waals surface area (Å²) in [7, 11) is 3.90. The van der Waals surface area contributed by atoms with Gasteiger partial charge in [-0.3, -0.25) is 9.59 Å². The number of rotatable bonds is 13. The Morgan fingerprint density at radius 1 is 0.871 bits per heavy atom. The molecule has 0 bridgehead atoms. The van der Waals surface area contributed by atoms with E-state index < -0.39 is 0 Å². The van der Waals surface area contributed by atoms with Crippen LogP contribution in [0.1, 0.15) is 17.5 Å². The Labute approximate surface area is 195 Å². The zero-order valence-electron chi connectivity index (χ0n) is 18.2. The number of nitrogens with one attached hydrogen (secondary N) is 1. The lowest BCUT2D eigenvalue weighted by molar-refractivity contribution is -0.118. The number of carbonyl (C=O) groups is 2. The van der Waals surface area contributed by atoms with Gasteiger partial charge in [0.25, 0.3) is 0 Å².